The van der Waals surface area contributed by atoms with Gasteiger partial charge in [-0.1, -0.05) is 32.1 Å². The molecule has 1 aromatic rings. The van der Waals surface area contributed by atoms with Crippen LogP contribution in [0.15, 0.2) is 12.3 Å². The van der Waals surface area contributed by atoms with Crippen LogP contribution in [0, 0.1) is 10.1 Å². The number of aromatic nitrogens is 1. The van der Waals surface area contributed by atoms with Crippen LogP contribution in [0.5, 0.6) is 0 Å². The molecule has 4 nitrogen and oxygen atoms in total. The fraction of sp³-hybridized carbons (Fsp3) is 0.667. The molecule has 1 aliphatic rings. The fourth-order valence-corrected chi connectivity index (χ4v) is 2.95. The molecule has 19 heavy (non-hydrogen) atoms. The van der Waals surface area contributed by atoms with Gasteiger partial charge in [-0.25, -0.2) is 0 Å². The molecule has 0 fully saturated rings. The first-order valence-electron chi connectivity index (χ1n) is 7.34. The third-order valence-corrected chi connectivity index (χ3v) is 4.01. The topological polar surface area (TPSA) is 47.0 Å². The molecule has 0 amide bonds. The van der Waals surface area contributed by atoms with E-state index in [1.54, 1.807) is 12.3 Å². The maximum absolute atomic E-state index is 11.0. The average molecular weight is 263 g/mol. The van der Waals surface area contributed by atoms with Crippen molar-refractivity contribution in [3.63, 3.8) is 0 Å². The highest BCUT2D eigenvalue weighted by Gasteiger charge is 2.20. The molecular formula is C15H23N2O2+. The van der Waals surface area contributed by atoms with E-state index in [9.17, 15) is 10.1 Å². The predicted molar refractivity (Wildman–Crippen MR) is 74.0 cm³/mol. The van der Waals surface area contributed by atoms with Crippen LogP contribution in [0.2, 0.25) is 0 Å². The van der Waals surface area contributed by atoms with Gasteiger partial charge in [0.15, 0.2) is 5.69 Å². The van der Waals surface area contributed by atoms with E-state index in [-0.39, 0.29) is 10.6 Å². The second kappa shape index (κ2) is 6.64. The molecular weight excluding hydrogens is 240 g/mol. The molecule has 1 aliphatic carbocycles. The molecule has 104 valence electrons. The Kier molecular flexibility index (Phi) is 4.88. The van der Waals surface area contributed by atoms with Gasteiger partial charge in [0.1, 0.15) is 7.05 Å². The minimum atomic E-state index is -0.286. The summed E-state index contributed by atoms with van der Waals surface area (Å²) in [4.78, 5) is 10.7. The van der Waals surface area contributed by atoms with Gasteiger partial charge in [-0.3, -0.25) is 10.1 Å². The van der Waals surface area contributed by atoms with Gasteiger partial charge in [0.25, 0.3) is 0 Å². The molecule has 0 bridgehead atoms. The van der Waals surface area contributed by atoms with Gasteiger partial charge in [0.2, 0.25) is 6.20 Å². The molecule has 0 saturated heterocycles. The standard InChI is InChI=1S/C15H23N2O2/c1-16-12-14(17(18)19)11-13-9-7-5-3-2-4-6-8-10-15(13)16/h11-12H,2-10H2,1H3/q+1. The summed E-state index contributed by atoms with van der Waals surface area (Å²) in [7, 11) is 1.94. The van der Waals surface area contributed by atoms with E-state index in [0.717, 1.165) is 19.3 Å². The van der Waals surface area contributed by atoms with Crippen molar-refractivity contribution < 1.29 is 9.49 Å². The SMILES string of the molecule is C[n+]1cc([N+](=O)[O-])cc2c1CCCCCCCCC2. The first-order chi connectivity index (χ1) is 9.18. The van der Waals surface area contributed by atoms with Gasteiger partial charge in [-0.15, -0.1) is 0 Å². The number of rotatable bonds is 1. The van der Waals surface area contributed by atoms with Crippen LogP contribution < -0.4 is 4.57 Å². The normalized spacial score (nSPS) is 17.3. The number of hydrogen-bond donors (Lipinski definition) is 0. The van der Waals surface area contributed by atoms with Crippen molar-refractivity contribution in [1.29, 1.82) is 0 Å². The van der Waals surface area contributed by atoms with Gasteiger partial charge in [0, 0.05) is 18.1 Å². The maximum atomic E-state index is 11.0. The summed E-state index contributed by atoms with van der Waals surface area (Å²) in [6, 6.07) is 1.78. The van der Waals surface area contributed by atoms with Crippen molar-refractivity contribution in [1.82, 2.24) is 0 Å². The van der Waals surface area contributed by atoms with E-state index < -0.39 is 0 Å². The summed E-state index contributed by atoms with van der Waals surface area (Å²) in [5, 5.41) is 11.0. The molecule has 1 aromatic heterocycles. The molecule has 4 heteroatoms. The van der Waals surface area contributed by atoms with Crippen molar-refractivity contribution in [2.24, 2.45) is 7.05 Å². The number of nitro groups is 1. The molecule has 0 atom stereocenters. The number of pyridine rings is 1. The monoisotopic (exact) mass is 263 g/mol. The van der Waals surface area contributed by atoms with E-state index in [4.69, 9.17) is 0 Å². The Morgan fingerprint density at radius 3 is 2.26 bits per heavy atom. The zero-order valence-corrected chi connectivity index (χ0v) is 11.7. The number of nitrogens with zero attached hydrogens (tertiary/aromatic N) is 2. The first kappa shape index (κ1) is 14.0. The lowest BCUT2D eigenvalue weighted by molar-refractivity contribution is -0.682. The van der Waals surface area contributed by atoms with E-state index in [1.807, 2.05) is 11.6 Å². The van der Waals surface area contributed by atoms with Crippen molar-refractivity contribution >= 4 is 5.69 Å². The fourth-order valence-electron chi connectivity index (χ4n) is 2.95. The Labute approximate surface area is 114 Å². The smallest absolute Gasteiger partial charge is 0.258 e. The molecule has 0 aromatic carbocycles. The van der Waals surface area contributed by atoms with E-state index >= 15 is 0 Å². The molecule has 0 radical (unpaired) electrons. The van der Waals surface area contributed by atoms with Gasteiger partial charge in [0.05, 0.1) is 4.92 Å². The Balaban J connectivity index is 2.28. The molecule has 0 aliphatic heterocycles. The minimum absolute atomic E-state index is 0.219. The van der Waals surface area contributed by atoms with Crippen LogP contribution in [0.4, 0.5) is 5.69 Å². The largest absolute Gasteiger partial charge is 0.332 e. The lowest BCUT2D eigenvalue weighted by Crippen LogP contribution is -2.35. The molecule has 0 N–H and O–H groups in total. The van der Waals surface area contributed by atoms with Crippen molar-refractivity contribution in [2.45, 2.75) is 57.8 Å². The summed E-state index contributed by atoms with van der Waals surface area (Å²) in [6.45, 7) is 0. The zero-order chi connectivity index (χ0) is 13.7. The molecule has 1 heterocycles. The highest BCUT2D eigenvalue weighted by Crippen LogP contribution is 2.20. The average Bonchev–Trinajstić information content (AvgIpc) is 2.42. The molecule has 0 unspecified atom stereocenters. The number of fused-ring (bicyclic) bond motifs is 1. The van der Waals surface area contributed by atoms with E-state index in [2.05, 4.69) is 0 Å². The Morgan fingerprint density at radius 1 is 1.05 bits per heavy atom. The van der Waals surface area contributed by atoms with Gasteiger partial charge < -0.3 is 0 Å². The number of aryl methyl sites for hydroxylation is 2. The zero-order valence-electron chi connectivity index (χ0n) is 11.7. The third-order valence-electron chi connectivity index (χ3n) is 4.01. The van der Waals surface area contributed by atoms with Crippen LogP contribution in [0.25, 0.3) is 0 Å². The van der Waals surface area contributed by atoms with Crippen molar-refractivity contribution in [3.05, 3.63) is 33.6 Å². The quantitative estimate of drug-likeness (QED) is 0.443. The predicted octanol–water partition coefficient (Wildman–Crippen LogP) is 3.25. The highest BCUT2D eigenvalue weighted by molar-refractivity contribution is 5.31. The second-order valence-electron chi connectivity index (χ2n) is 5.51. The van der Waals surface area contributed by atoms with Crippen LogP contribution in [0.1, 0.15) is 56.2 Å². The van der Waals surface area contributed by atoms with Crippen LogP contribution in [-0.4, -0.2) is 4.92 Å². The second-order valence-corrected chi connectivity index (χ2v) is 5.51. The van der Waals surface area contributed by atoms with Gasteiger partial charge in [-0.05, 0) is 19.3 Å². The summed E-state index contributed by atoms with van der Waals surface area (Å²) in [5.74, 6) is 0. The summed E-state index contributed by atoms with van der Waals surface area (Å²) >= 11 is 0. The molecule has 0 spiro atoms. The van der Waals surface area contributed by atoms with E-state index in [0.29, 0.717) is 0 Å². The first-order valence-corrected chi connectivity index (χ1v) is 7.34. The maximum Gasteiger partial charge on any atom is 0.332 e. The minimum Gasteiger partial charge on any atom is -0.258 e. The Morgan fingerprint density at radius 2 is 1.63 bits per heavy atom. The molecule has 0 saturated carbocycles. The summed E-state index contributed by atoms with van der Waals surface area (Å²) < 4.78 is 1.96. The van der Waals surface area contributed by atoms with Crippen LogP contribution >= 0.6 is 0 Å². The van der Waals surface area contributed by atoms with Crippen LogP contribution in [-0.2, 0) is 19.9 Å². The summed E-state index contributed by atoms with van der Waals surface area (Å²) in [6.07, 6.45) is 12.5. The van der Waals surface area contributed by atoms with Gasteiger partial charge in [-0.2, -0.15) is 4.57 Å². The third kappa shape index (κ3) is 3.75. The summed E-state index contributed by atoms with van der Waals surface area (Å²) in [5.41, 5.74) is 2.68. The lowest BCUT2D eigenvalue weighted by Gasteiger charge is -2.06. The Hall–Kier alpha value is -1.45. The number of hydrogen-bond acceptors (Lipinski definition) is 2. The van der Waals surface area contributed by atoms with Crippen molar-refractivity contribution in [3.8, 4) is 0 Å². The Bertz CT molecular complexity index is 458. The van der Waals surface area contributed by atoms with Crippen molar-refractivity contribution in [2.75, 3.05) is 0 Å². The highest BCUT2D eigenvalue weighted by atomic mass is 16.6. The van der Waals surface area contributed by atoms with E-state index in [1.165, 1.54) is 49.8 Å². The van der Waals surface area contributed by atoms with Gasteiger partial charge >= 0.3 is 5.69 Å². The lowest BCUT2D eigenvalue weighted by atomic mass is 10.0. The van der Waals surface area contributed by atoms with Crippen LogP contribution in [0.3, 0.4) is 0 Å². The molecule has 2 rings (SSSR count).